The van der Waals surface area contributed by atoms with Crippen molar-refractivity contribution in [3.8, 4) is 0 Å². The monoisotopic (exact) mass is 401 g/mol. The van der Waals surface area contributed by atoms with Crippen molar-refractivity contribution >= 4 is 11.9 Å². The third-order valence-corrected chi connectivity index (χ3v) is 5.93. The van der Waals surface area contributed by atoms with E-state index < -0.39 is 17.9 Å². The highest BCUT2D eigenvalue weighted by molar-refractivity contribution is 5.76. The zero-order valence-corrected chi connectivity index (χ0v) is 17.5. The summed E-state index contributed by atoms with van der Waals surface area (Å²) in [6.45, 7) is 2.16. The van der Waals surface area contributed by atoms with E-state index >= 15 is 0 Å². The second-order valence-corrected chi connectivity index (χ2v) is 8.37. The van der Waals surface area contributed by atoms with Crippen molar-refractivity contribution < 1.29 is 19.8 Å². The van der Waals surface area contributed by atoms with Crippen LogP contribution in [-0.4, -0.2) is 27.1 Å². The van der Waals surface area contributed by atoms with Crippen LogP contribution in [-0.2, 0) is 15.0 Å². The van der Waals surface area contributed by atoms with Crippen LogP contribution in [0.1, 0.15) is 94.7 Å². The van der Waals surface area contributed by atoms with Crippen molar-refractivity contribution in [1.29, 1.82) is 0 Å². The molecular formula is C24H35NO4. The molecule has 5 nitrogen and oxygen atoms in total. The second-order valence-electron chi connectivity index (χ2n) is 8.37. The third kappa shape index (κ3) is 7.22. The van der Waals surface area contributed by atoms with Crippen molar-refractivity contribution in [2.24, 2.45) is 0 Å². The van der Waals surface area contributed by atoms with E-state index in [0.717, 1.165) is 69.0 Å². The van der Waals surface area contributed by atoms with E-state index in [4.69, 9.17) is 5.11 Å². The molecule has 0 aliphatic heterocycles. The van der Waals surface area contributed by atoms with Crippen LogP contribution in [0.25, 0.3) is 0 Å². The molecule has 1 heterocycles. The molecule has 1 aromatic heterocycles. The molecule has 3 N–H and O–H groups in total. The van der Waals surface area contributed by atoms with Crippen LogP contribution >= 0.6 is 0 Å². The van der Waals surface area contributed by atoms with Gasteiger partial charge in [-0.25, -0.2) is 0 Å². The zero-order valence-electron chi connectivity index (χ0n) is 17.5. The predicted molar refractivity (Wildman–Crippen MR) is 115 cm³/mol. The molecule has 0 spiro atoms. The van der Waals surface area contributed by atoms with Crippen molar-refractivity contribution in [2.45, 2.75) is 88.9 Å². The molecule has 1 aromatic rings. The number of allylic oxidation sites excluding steroid dienone is 4. The Kier molecular flexibility index (Phi) is 9.23. The molecule has 2 unspecified atom stereocenters. The molecular weight excluding hydrogens is 366 g/mol. The van der Waals surface area contributed by atoms with Crippen LogP contribution in [0, 0.1) is 0 Å². The van der Waals surface area contributed by atoms with Gasteiger partial charge in [0.15, 0.2) is 0 Å². The van der Waals surface area contributed by atoms with Gasteiger partial charge in [-0.2, -0.15) is 0 Å². The Bertz CT molecular complexity index is 718. The number of rotatable bonds is 14. The Morgan fingerprint density at radius 3 is 2.28 bits per heavy atom. The van der Waals surface area contributed by atoms with Crippen molar-refractivity contribution in [2.75, 3.05) is 0 Å². The molecule has 0 bridgehead atoms. The maximum atomic E-state index is 12.0. The van der Waals surface area contributed by atoms with Gasteiger partial charge < -0.3 is 15.2 Å². The van der Waals surface area contributed by atoms with Crippen LogP contribution in [0.5, 0.6) is 0 Å². The van der Waals surface area contributed by atoms with Crippen LogP contribution in [0.2, 0.25) is 0 Å². The molecule has 0 radical (unpaired) electrons. The maximum absolute atomic E-state index is 12.0. The zero-order chi connectivity index (χ0) is 21.1. The van der Waals surface area contributed by atoms with Crippen LogP contribution in [0.4, 0.5) is 0 Å². The van der Waals surface area contributed by atoms with E-state index in [2.05, 4.69) is 24.1 Å². The Morgan fingerprint density at radius 2 is 1.69 bits per heavy atom. The van der Waals surface area contributed by atoms with Crippen LogP contribution in [0.15, 0.2) is 36.6 Å². The summed E-state index contributed by atoms with van der Waals surface area (Å²) >= 11 is 0. The number of carboxylic acids is 2. The summed E-state index contributed by atoms with van der Waals surface area (Å²) in [6, 6.07) is 2.03. The number of H-pyrrole nitrogens is 1. The van der Waals surface area contributed by atoms with E-state index in [0.29, 0.717) is 6.42 Å². The van der Waals surface area contributed by atoms with Gasteiger partial charge in [-0.1, -0.05) is 76.2 Å². The summed E-state index contributed by atoms with van der Waals surface area (Å²) in [7, 11) is 0. The Balaban J connectivity index is 1.76. The van der Waals surface area contributed by atoms with Gasteiger partial charge in [-0.3, -0.25) is 9.59 Å². The molecule has 2 atom stereocenters. The number of nitrogens with one attached hydrogen (secondary N) is 1. The maximum Gasteiger partial charge on any atom is 0.312 e. The minimum atomic E-state index is -0.758. The summed E-state index contributed by atoms with van der Waals surface area (Å²) in [5.41, 5.74) is 1.78. The number of aromatic nitrogens is 1. The number of unbranched alkanes of at least 4 members (excludes halogenated alkanes) is 7. The lowest BCUT2D eigenvalue weighted by atomic mass is 9.75. The minimum Gasteiger partial charge on any atom is -0.481 e. The Morgan fingerprint density at radius 1 is 1.03 bits per heavy atom. The molecule has 0 fully saturated rings. The number of hydrogen-bond donors (Lipinski definition) is 3. The molecule has 1 aliphatic rings. The normalized spacial score (nSPS) is 19.3. The fourth-order valence-corrected chi connectivity index (χ4v) is 4.17. The van der Waals surface area contributed by atoms with E-state index in [1.54, 1.807) is 0 Å². The Hall–Kier alpha value is -2.30. The standard InChI is InChI=1S/C24H35NO4/c1-24(16-11-8-12-17-24)20-15-18-25-22(20)19(23(28)29)13-9-6-4-2-3-5-7-10-14-21(26)27/h8,11-12,15-16,18-19,25H,2-7,9-10,13-14,17H2,1H3,(H,26,27)(H,28,29). The van der Waals surface area contributed by atoms with Crippen LogP contribution < -0.4 is 0 Å². The number of carboxylic acid groups (broad SMARTS) is 2. The Labute approximate surface area is 173 Å². The van der Waals surface area contributed by atoms with Gasteiger partial charge in [0.2, 0.25) is 0 Å². The lowest BCUT2D eigenvalue weighted by Gasteiger charge is -2.28. The van der Waals surface area contributed by atoms with Gasteiger partial charge >= 0.3 is 11.9 Å². The van der Waals surface area contributed by atoms with Crippen LogP contribution in [0.3, 0.4) is 0 Å². The molecule has 1 aliphatic carbocycles. The van der Waals surface area contributed by atoms with E-state index in [1.807, 2.05) is 24.4 Å². The summed E-state index contributed by atoms with van der Waals surface area (Å²) in [6.07, 6.45) is 20.2. The smallest absolute Gasteiger partial charge is 0.312 e. The molecule has 5 heteroatoms. The van der Waals surface area contributed by atoms with Gasteiger partial charge in [0.05, 0.1) is 5.92 Å². The molecule has 29 heavy (non-hydrogen) atoms. The molecule has 0 saturated carbocycles. The van der Waals surface area contributed by atoms with Gasteiger partial charge in [-0.05, 0) is 30.9 Å². The number of aromatic amines is 1. The first-order valence-electron chi connectivity index (χ1n) is 10.9. The van der Waals surface area contributed by atoms with E-state index in [9.17, 15) is 14.7 Å². The van der Waals surface area contributed by atoms with E-state index in [-0.39, 0.29) is 11.8 Å². The molecule has 0 saturated heterocycles. The first-order valence-corrected chi connectivity index (χ1v) is 10.9. The first-order chi connectivity index (χ1) is 13.9. The molecule has 0 aromatic carbocycles. The largest absolute Gasteiger partial charge is 0.481 e. The number of carbonyl (C=O) groups is 2. The first kappa shape index (κ1) is 23.0. The molecule has 2 rings (SSSR count). The fraction of sp³-hybridized carbons (Fsp3) is 0.583. The number of aliphatic carboxylic acids is 2. The van der Waals surface area contributed by atoms with Gasteiger partial charge in [0.1, 0.15) is 0 Å². The SMILES string of the molecule is CC1(c2cc[nH]c2C(CCCCCCCCCCC(=O)O)C(=O)O)C=CC=CC1. The highest BCUT2D eigenvalue weighted by atomic mass is 16.4. The fourth-order valence-electron chi connectivity index (χ4n) is 4.17. The quantitative estimate of drug-likeness (QED) is 0.336. The predicted octanol–water partition coefficient (Wildman–Crippen LogP) is 5.94. The molecule has 160 valence electrons. The lowest BCUT2D eigenvalue weighted by molar-refractivity contribution is -0.139. The van der Waals surface area contributed by atoms with Gasteiger partial charge in [0, 0.05) is 23.7 Å². The highest BCUT2D eigenvalue weighted by Gasteiger charge is 2.32. The minimum absolute atomic E-state index is 0.154. The number of hydrogen-bond acceptors (Lipinski definition) is 2. The average molecular weight is 402 g/mol. The second kappa shape index (κ2) is 11.6. The van der Waals surface area contributed by atoms with Crippen molar-refractivity contribution in [1.82, 2.24) is 4.98 Å². The van der Waals surface area contributed by atoms with Crippen molar-refractivity contribution in [3.05, 3.63) is 47.8 Å². The third-order valence-electron chi connectivity index (χ3n) is 5.93. The summed E-state index contributed by atoms with van der Waals surface area (Å²) < 4.78 is 0. The summed E-state index contributed by atoms with van der Waals surface area (Å²) in [5, 5.41) is 18.4. The van der Waals surface area contributed by atoms with Gasteiger partial charge in [0.25, 0.3) is 0 Å². The summed E-state index contributed by atoms with van der Waals surface area (Å²) in [4.78, 5) is 25.6. The van der Waals surface area contributed by atoms with Crippen molar-refractivity contribution in [3.63, 3.8) is 0 Å². The lowest BCUT2D eigenvalue weighted by Crippen LogP contribution is -2.23. The highest BCUT2D eigenvalue weighted by Crippen LogP contribution is 2.38. The summed E-state index contributed by atoms with van der Waals surface area (Å²) in [5.74, 6) is -1.97. The van der Waals surface area contributed by atoms with Gasteiger partial charge in [-0.15, -0.1) is 0 Å². The van der Waals surface area contributed by atoms with E-state index in [1.165, 1.54) is 0 Å². The molecule has 0 amide bonds. The average Bonchev–Trinajstić information content (AvgIpc) is 3.16. The topological polar surface area (TPSA) is 90.4 Å².